The fourth-order valence-electron chi connectivity index (χ4n) is 0.862. The smallest absolute Gasteiger partial charge is 0.366 e. The molecule has 0 saturated heterocycles. The van der Waals surface area contributed by atoms with Crippen LogP contribution in [0.4, 0.5) is 8.78 Å². The molecule has 100 valence electrons. The third-order valence-electron chi connectivity index (χ3n) is 1.63. The van der Waals surface area contributed by atoms with Gasteiger partial charge in [-0.1, -0.05) is 6.58 Å². The molecule has 0 spiro atoms. The Balaban J connectivity index is 3.67. The monoisotopic (exact) mass is 271 g/mol. The van der Waals surface area contributed by atoms with E-state index in [2.05, 4.69) is 15.5 Å². The van der Waals surface area contributed by atoms with Crippen LogP contribution < -0.4 is 0 Å². The van der Waals surface area contributed by atoms with Gasteiger partial charge in [-0.25, -0.2) is 13.2 Å². The molecule has 0 N–H and O–H groups in total. The van der Waals surface area contributed by atoms with Crippen LogP contribution in [0, 0.1) is 0 Å². The Morgan fingerprint density at radius 3 is 2.53 bits per heavy atom. The number of esters is 1. The molecule has 0 fully saturated rings. The predicted octanol–water partition coefficient (Wildman–Crippen LogP) is 1.68. The number of alkyl halides is 2. The SMILES string of the molecule is C=C(C)C(=O)OCCCCC(F)(F)OS(=O)[O-]. The molecule has 0 aromatic heterocycles. The van der Waals surface area contributed by atoms with Crippen molar-refractivity contribution in [3.63, 3.8) is 0 Å². The number of unbranched alkanes of at least 4 members (excludes halogenated alkanes) is 1. The zero-order valence-electron chi connectivity index (χ0n) is 9.24. The molecular weight excluding hydrogens is 258 g/mol. The number of halogens is 2. The highest BCUT2D eigenvalue weighted by molar-refractivity contribution is 7.74. The third kappa shape index (κ3) is 8.90. The summed E-state index contributed by atoms with van der Waals surface area (Å²) in [4.78, 5) is 10.9. The summed E-state index contributed by atoms with van der Waals surface area (Å²) in [6.45, 7) is 4.78. The first kappa shape index (κ1) is 16.1. The van der Waals surface area contributed by atoms with Crippen LogP contribution in [0.3, 0.4) is 0 Å². The minimum absolute atomic E-state index is 0.0256. The summed E-state index contributed by atoms with van der Waals surface area (Å²) in [5.41, 5.74) is 0.223. The lowest BCUT2D eigenvalue weighted by Crippen LogP contribution is -2.22. The lowest BCUT2D eigenvalue weighted by molar-refractivity contribution is -0.178. The van der Waals surface area contributed by atoms with Crippen LogP contribution >= 0.6 is 0 Å². The van der Waals surface area contributed by atoms with Crippen molar-refractivity contribution in [1.82, 2.24) is 0 Å². The molecule has 0 aromatic rings. The minimum Gasteiger partial charge on any atom is -0.750 e. The third-order valence-corrected chi connectivity index (χ3v) is 2.01. The molecule has 0 aliphatic carbocycles. The van der Waals surface area contributed by atoms with Crippen molar-refractivity contribution in [2.75, 3.05) is 6.61 Å². The summed E-state index contributed by atoms with van der Waals surface area (Å²) >= 11 is -3.25. The Morgan fingerprint density at radius 2 is 2.06 bits per heavy atom. The van der Waals surface area contributed by atoms with Gasteiger partial charge in [0.05, 0.1) is 18.0 Å². The summed E-state index contributed by atoms with van der Waals surface area (Å²) in [7, 11) is 0. The zero-order valence-corrected chi connectivity index (χ0v) is 10.1. The normalized spacial score (nSPS) is 13.2. The molecule has 0 bridgehead atoms. The fourth-order valence-corrected chi connectivity index (χ4v) is 1.14. The Hall–Kier alpha value is -0.860. The van der Waals surface area contributed by atoms with Crippen LogP contribution in [-0.2, 0) is 25.1 Å². The van der Waals surface area contributed by atoms with E-state index >= 15 is 0 Å². The van der Waals surface area contributed by atoms with Crippen molar-refractivity contribution in [3.8, 4) is 0 Å². The standard InChI is InChI=1S/C9H14F2O5S/c1-7(2)8(12)15-6-4-3-5-9(10,11)16-17(13)14/h1,3-6H2,2H3,(H,13,14)/p-1. The van der Waals surface area contributed by atoms with Gasteiger partial charge in [-0.3, -0.25) is 0 Å². The Morgan fingerprint density at radius 1 is 1.47 bits per heavy atom. The van der Waals surface area contributed by atoms with Crippen LogP contribution in [0.5, 0.6) is 0 Å². The van der Waals surface area contributed by atoms with Gasteiger partial charge in [0, 0.05) is 12.0 Å². The molecule has 0 amide bonds. The van der Waals surface area contributed by atoms with Crippen LogP contribution in [0.2, 0.25) is 0 Å². The second kappa shape index (κ2) is 7.46. The molecule has 0 aliphatic rings. The number of ether oxygens (including phenoxy) is 1. The molecule has 5 nitrogen and oxygen atoms in total. The van der Waals surface area contributed by atoms with E-state index in [-0.39, 0.29) is 25.0 Å². The molecule has 0 heterocycles. The Labute approximate surface area is 100 Å². The topological polar surface area (TPSA) is 75.7 Å². The van der Waals surface area contributed by atoms with E-state index in [4.69, 9.17) is 0 Å². The fraction of sp³-hybridized carbons (Fsp3) is 0.667. The van der Waals surface area contributed by atoms with E-state index in [0.29, 0.717) is 0 Å². The maximum absolute atomic E-state index is 12.7. The van der Waals surface area contributed by atoms with E-state index in [1.807, 2.05) is 0 Å². The molecule has 0 rings (SSSR count). The first-order valence-corrected chi connectivity index (χ1v) is 5.74. The maximum atomic E-state index is 12.7. The molecular formula is C9H13F2O5S-. The number of carbonyl (C=O) groups is 1. The average molecular weight is 271 g/mol. The van der Waals surface area contributed by atoms with E-state index in [1.165, 1.54) is 6.92 Å². The minimum atomic E-state index is -3.72. The van der Waals surface area contributed by atoms with Gasteiger partial charge in [-0.05, 0) is 19.8 Å². The zero-order chi connectivity index (χ0) is 13.5. The molecule has 1 atom stereocenters. The van der Waals surface area contributed by atoms with Crippen molar-refractivity contribution < 1.29 is 31.3 Å². The van der Waals surface area contributed by atoms with E-state index in [0.717, 1.165) is 0 Å². The Kier molecular flexibility index (Phi) is 7.09. The maximum Gasteiger partial charge on any atom is 0.366 e. The first-order chi connectivity index (χ1) is 7.74. The lowest BCUT2D eigenvalue weighted by atomic mass is 10.2. The van der Waals surface area contributed by atoms with Crippen molar-refractivity contribution in [2.24, 2.45) is 0 Å². The van der Waals surface area contributed by atoms with E-state index in [1.54, 1.807) is 0 Å². The number of hydrogen-bond acceptors (Lipinski definition) is 5. The van der Waals surface area contributed by atoms with Gasteiger partial charge < -0.3 is 9.29 Å². The molecule has 0 radical (unpaired) electrons. The number of hydrogen-bond donors (Lipinski definition) is 0. The molecule has 0 aromatic carbocycles. The summed E-state index contributed by atoms with van der Waals surface area (Å²) in [6.07, 6.45) is -4.33. The largest absolute Gasteiger partial charge is 0.750 e. The van der Waals surface area contributed by atoms with E-state index in [9.17, 15) is 22.3 Å². The lowest BCUT2D eigenvalue weighted by Gasteiger charge is -2.17. The van der Waals surface area contributed by atoms with Crippen molar-refractivity contribution in [1.29, 1.82) is 0 Å². The van der Waals surface area contributed by atoms with Gasteiger partial charge in [-0.15, -0.1) is 0 Å². The van der Waals surface area contributed by atoms with Crippen LogP contribution in [0.15, 0.2) is 12.2 Å². The van der Waals surface area contributed by atoms with Crippen molar-refractivity contribution in [2.45, 2.75) is 32.3 Å². The van der Waals surface area contributed by atoms with Crippen LogP contribution in [-0.4, -0.2) is 27.4 Å². The summed E-state index contributed by atoms with van der Waals surface area (Å²) < 4.78 is 53.1. The quantitative estimate of drug-likeness (QED) is 0.290. The van der Waals surface area contributed by atoms with Crippen LogP contribution in [0.25, 0.3) is 0 Å². The Bertz CT molecular complexity index is 306. The molecule has 0 aliphatic heterocycles. The summed E-state index contributed by atoms with van der Waals surface area (Å²) in [6, 6.07) is 0. The molecule has 17 heavy (non-hydrogen) atoms. The van der Waals surface area contributed by atoms with Crippen LogP contribution in [0.1, 0.15) is 26.2 Å². The second-order valence-corrected chi connectivity index (χ2v) is 3.87. The molecule has 1 unspecified atom stereocenters. The first-order valence-electron chi connectivity index (χ1n) is 4.74. The highest BCUT2D eigenvalue weighted by atomic mass is 32.2. The average Bonchev–Trinajstić information content (AvgIpc) is 2.14. The van der Waals surface area contributed by atoms with Gasteiger partial charge in [0.1, 0.15) is 0 Å². The van der Waals surface area contributed by atoms with Gasteiger partial charge in [0.2, 0.25) is 0 Å². The number of carbonyl (C=O) groups excluding carboxylic acids is 1. The molecule has 0 saturated carbocycles. The highest BCUT2D eigenvalue weighted by Crippen LogP contribution is 2.23. The number of rotatable bonds is 8. The highest BCUT2D eigenvalue weighted by Gasteiger charge is 2.30. The van der Waals surface area contributed by atoms with Gasteiger partial charge in [0.25, 0.3) is 0 Å². The van der Waals surface area contributed by atoms with Gasteiger partial charge in [-0.2, -0.15) is 8.78 Å². The molecule has 8 heteroatoms. The van der Waals surface area contributed by atoms with Crippen molar-refractivity contribution in [3.05, 3.63) is 12.2 Å². The second-order valence-electron chi connectivity index (χ2n) is 3.30. The van der Waals surface area contributed by atoms with E-state index < -0.39 is 29.9 Å². The predicted molar refractivity (Wildman–Crippen MR) is 54.6 cm³/mol. The summed E-state index contributed by atoms with van der Waals surface area (Å²) in [5, 5.41) is 0. The summed E-state index contributed by atoms with van der Waals surface area (Å²) in [5.74, 6) is -0.589. The van der Waals surface area contributed by atoms with Gasteiger partial charge >= 0.3 is 12.1 Å². The van der Waals surface area contributed by atoms with Crippen molar-refractivity contribution >= 4 is 17.3 Å². The van der Waals surface area contributed by atoms with Gasteiger partial charge in [0.15, 0.2) is 0 Å².